The van der Waals surface area contributed by atoms with Crippen LogP contribution in [0.15, 0.2) is 42.5 Å². The molecular formula is C18H19ClN2O2. The number of aryl methyl sites for hydroxylation is 2. The molecule has 0 aliphatic carbocycles. The highest BCUT2D eigenvalue weighted by Crippen LogP contribution is 2.19. The average molecular weight is 331 g/mol. The first-order chi connectivity index (χ1) is 11.0. The molecule has 23 heavy (non-hydrogen) atoms. The van der Waals surface area contributed by atoms with Crippen LogP contribution in [0.25, 0.3) is 0 Å². The molecule has 0 bridgehead atoms. The van der Waals surface area contributed by atoms with E-state index in [-0.39, 0.29) is 18.2 Å². The minimum absolute atomic E-state index is 0.224. The number of hydrogen-bond donors (Lipinski definition) is 2. The fourth-order valence-electron chi connectivity index (χ4n) is 2.24. The molecule has 0 aromatic heterocycles. The molecule has 0 aliphatic rings. The molecule has 0 heterocycles. The number of carbonyl (C=O) groups is 2. The highest BCUT2D eigenvalue weighted by molar-refractivity contribution is 6.31. The van der Waals surface area contributed by atoms with Gasteiger partial charge in [0, 0.05) is 17.3 Å². The zero-order valence-electron chi connectivity index (χ0n) is 13.2. The third kappa shape index (κ3) is 4.83. The number of nitrogens with one attached hydrogen (secondary N) is 2. The molecule has 0 spiro atoms. The van der Waals surface area contributed by atoms with Gasteiger partial charge >= 0.3 is 0 Å². The summed E-state index contributed by atoms with van der Waals surface area (Å²) in [6, 6.07) is 13.0. The maximum Gasteiger partial charge on any atom is 0.233 e. The van der Waals surface area contributed by atoms with E-state index < -0.39 is 0 Å². The molecule has 2 rings (SSSR count). The van der Waals surface area contributed by atoms with Crippen LogP contribution in [0.3, 0.4) is 0 Å². The van der Waals surface area contributed by atoms with Crippen LogP contribution in [0, 0.1) is 13.8 Å². The summed E-state index contributed by atoms with van der Waals surface area (Å²) in [7, 11) is 0. The van der Waals surface area contributed by atoms with Crippen LogP contribution in [0.1, 0.15) is 23.1 Å². The van der Waals surface area contributed by atoms with Gasteiger partial charge < -0.3 is 10.6 Å². The van der Waals surface area contributed by atoms with Crippen LogP contribution in [0.5, 0.6) is 0 Å². The Balaban J connectivity index is 1.88. The fraction of sp³-hybridized carbons (Fsp3) is 0.222. The molecule has 4 nitrogen and oxygen atoms in total. The Morgan fingerprint density at radius 3 is 2.26 bits per heavy atom. The van der Waals surface area contributed by atoms with Crippen molar-refractivity contribution in [1.82, 2.24) is 5.32 Å². The van der Waals surface area contributed by atoms with E-state index in [1.165, 1.54) is 0 Å². The minimum atomic E-state index is -0.339. The summed E-state index contributed by atoms with van der Waals surface area (Å²) in [5.74, 6) is -0.673. The van der Waals surface area contributed by atoms with Crippen molar-refractivity contribution in [3.63, 3.8) is 0 Å². The van der Waals surface area contributed by atoms with Crippen molar-refractivity contribution in [3.8, 4) is 0 Å². The summed E-state index contributed by atoms with van der Waals surface area (Å²) in [4.78, 5) is 23.9. The summed E-state index contributed by atoms with van der Waals surface area (Å²) in [6.45, 7) is 4.13. The fourth-order valence-corrected chi connectivity index (χ4v) is 2.44. The molecular weight excluding hydrogens is 312 g/mol. The molecule has 0 fully saturated rings. The first-order valence-electron chi connectivity index (χ1n) is 7.33. The van der Waals surface area contributed by atoms with Crippen molar-refractivity contribution in [2.45, 2.75) is 26.8 Å². The van der Waals surface area contributed by atoms with Gasteiger partial charge in [0.25, 0.3) is 0 Å². The van der Waals surface area contributed by atoms with E-state index in [4.69, 9.17) is 11.6 Å². The second-order valence-corrected chi connectivity index (χ2v) is 5.77. The smallest absolute Gasteiger partial charge is 0.233 e. The van der Waals surface area contributed by atoms with Gasteiger partial charge in [-0.3, -0.25) is 9.59 Å². The maximum absolute atomic E-state index is 12.0. The Morgan fingerprint density at radius 1 is 0.957 bits per heavy atom. The standard InChI is InChI=1S/C18H19ClN2O2/c1-12-6-5-7-13(2)18(12)21-17(23)10-16(22)20-11-14-8-3-4-9-15(14)19/h3-9H,10-11H2,1-2H3,(H,20,22)(H,21,23). The van der Waals surface area contributed by atoms with Crippen molar-refractivity contribution in [3.05, 3.63) is 64.2 Å². The van der Waals surface area contributed by atoms with E-state index in [1.54, 1.807) is 6.07 Å². The molecule has 0 atom stereocenters. The number of hydrogen-bond acceptors (Lipinski definition) is 2. The summed E-state index contributed by atoms with van der Waals surface area (Å²) in [5, 5.41) is 6.09. The number of amides is 2. The quantitative estimate of drug-likeness (QED) is 0.823. The molecule has 0 radical (unpaired) electrons. The molecule has 0 saturated carbocycles. The van der Waals surface area contributed by atoms with E-state index >= 15 is 0 Å². The lowest BCUT2D eigenvalue weighted by molar-refractivity contribution is -0.126. The van der Waals surface area contributed by atoms with Gasteiger partial charge in [-0.05, 0) is 36.6 Å². The van der Waals surface area contributed by atoms with Crippen molar-refractivity contribution < 1.29 is 9.59 Å². The summed E-state index contributed by atoms with van der Waals surface area (Å²) in [6.07, 6.45) is -0.224. The van der Waals surface area contributed by atoms with Gasteiger partial charge in [0.2, 0.25) is 11.8 Å². The van der Waals surface area contributed by atoms with Gasteiger partial charge in [0.15, 0.2) is 0 Å². The van der Waals surface area contributed by atoms with Gasteiger partial charge in [-0.1, -0.05) is 48.0 Å². The van der Waals surface area contributed by atoms with Crippen molar-refractivity contribution in [2.75, 3.05) is 5.32 Å². The first-order valence-corrected chi connectivity index (χ1v) is 7.71. The Morgan fingerprint density at radius 2 is 1.61 bits per heavy atom. The summed E-state index contributed by atoms with van der Waals surface area (Å²) < 4.78 is 0. The number of carbonyl (C=O) groups excluding carboxylic acids is 2. The van der Waals surface area contributed by atoms with Gasteiger partial charge in [0.05, 0.1) is 0 Å². The molecule has 2 N–H and O–H groups in total. The number of halogens is 1. The predicted molar refractivity (Wildman–Crippen MR) is 92.5 cm³/mol. The Labute approximate surface area is 140 Å². The maximum atomic E-state index is 12.0. The van der Waals surface area contributed by atoms with Gasteiger partial charge in [-0.2, -0.15) is 0 Å². The van der Waals surface area contributed by atoms with Gasteiger partial charge in [0.1, 0.15) is 6.42 Å². The van der Waals surface area contributed by atoms with E-state index in [1.807, 2.05) is 50.2 Å². The normalized spacial score (nSPS) is 10.2. The molecule has 5 heteroatoms. The van der Waals surface area contributed by atoms with Gasteiger partial charge in [-0.25, -0.2) is 0 Å². The second kappa shape index (κ2) is 7.79. The summed E-state index contributed by atoms with van der Waals surface area (Å²) in [5.41, 5.74) is 3.51. The van der Waals surface area contributed by atoms with Crippen LogP contribution in [0.2, 0.25) is 5.02 Å². The lowest BCUT2D eigenvalue weighted by Crippen LogP contribution is -2.28. The third-order valence-electron chi connectivity index (χ3n) is 3.50. The number of anilines is 1. The highest BCUT2D eigenvalue weighted by Gasteiger charge is 2.12. The summed E-state index contributed by atoms with van der Waals surface area (Å²) >= 11 is 6.03. The minimum Gasteiger partial charge on any atom is -0.352 e. The second-order valence-electron chi connectivity index (χ2n) is 5.36. The molecule has 2 aromatic rings. The first kappa shape index (κ1) is 17.0. The average Bonchev–Trinajstić information content (AvgIpc) is 2.50. The number of rotatable bonds is 5. The van der Waals surface area contributed by atoms with Crippen LogP contribution in [-0.4, -0.2) is 11.8 Å². The number of para-hydroxylation sites is 1. The zero-order valence-corrected chi connectivity index (χ0v) is 13.9. The monoisotopic (exact) mass is 330 g/mol. The van der Waals surface area contributed by atoms with E-state index in [0.29, 0.717) is 11.6 Å². The van der Waals surface area contributed by atoms with Crippen LogP contribution in [0.4, 0.5) is 5.69 Å². The van der Waals surface area contributed by atoms with Crippen LogP contribution < -0.4 is 10.6 Å². The van der Waals surface area contributed by atoms with Crippen molar-refractivity contribution in [2.24, 2.45) is 0 Å². The van der Waals surface area contributed by atoms with Gasteiger partial charge in [-0.15, -0.1) is 0 Å². The lowest BCUT2D eigenvalue weighted by Gasteiger charge is -2.11. The van der Waals surface area contributed by atoms with E-state index in [9.17, 15) is 9.59 Å². The largest absolute Gasteiger partial charge is 0.352 e. The molecule has 0 unspecified atom stereocenters. The molecule has 120 valence electrons. The van der Waals surface area contributed by atoms with Crippen molar-refractivity contribution >= 4 is 29.1 Å². The molecule has 2 amide bonds. The van der Waals surface area contributed by atoms with Crippen molar-refractivity contribution in [1.29, 1.82) is 0 Å². The van der Waals surface area contributed by atoms with E-state index in [2.05, 4.69) is 10.6 Å². The van der Waals surface area contributed by atoms with Crippen LogP contribution >= 0.6 is 11.6 Å². The topological polar surface area (TPSA) is 58.2 Å². The van der Waals surface area contributed by atoms with Crippen LogP contribution in [-0.2, 0) is 16.1 Å². The molecule has 0 saturated heterocycles. The Bertz CT molecular complexity index is 708. The molecule has 0 aliphatic heterocycles. The lowest BCUT2D eigenvalue weighted by atomic mass is 10.1. The van der Waals surface area contributed by atoms with E-state index in [0.717, 1.165) is 22.4 Å². The zero-order chi connectivity index (χ0) is 16.8. The highest BCUT2D eigenvalue weighted by atomic mass is 35.5. The third-order valence-corrected chi connectivity index (χ3v) is 3.87. The number of benzene rings is 2. The molecule has 2 aromatic carbocycles. The Kier molecular flexibility index (Phi) is 5.77. The Hall–Kier alpha value is -2.33. The predicted octanol–water partition coefficient (Wildman–Crippen LogP) is 3.60. The SMILES string of the molecule is Cc1cccc(C)c1NC(=O)CC(=O)NCc1ccccc1Cl.